The third-order valence-corrected chi connectivity index (χ3v) is 2.98. The smallest absolute Gasteiger partial charge is 0.135 e. The van der Waals surface area contributed by atoms with E-state index < -0.39 is 0 Å². The molecule has 14 heavy (non-hydrogen) atoms. The maximum atomic E-state index is 9.51. The molecule has 0 aliphatic rings. The second kappa shape index (κ2) is 3.29. The van der Waals surface area contributed by atoms with E-state index in [1.165, 1.54) is 11.3 Å². The second-order valence-corrected chi connectivity index (χ2v) is 3.80. The van der Waals surface area contributed by atoms with Gasteiger partial charge in [-0.15, -0.1) is 11.3 Å². The number of rotatable bonds is 1. The number of hydrogen-bond donors (Lipinski definition) is 2. The Morgan fingerprint density at radius 3 is 2.93 bits per heavy atom. The van der Waals surface area contributed by atoms with Gasteiger partial charge in [0.05, 0.1) is 12.2 Å². The van der Waals surface area contributed by atoms with Gasteiger partial charge in [0.15, 0.2) is 0 Å². The van der Waals surface area contributed by atoms with E-state index in [0.717, 1.165) is 10.1 Å². The number of nitrogens with zero attached hydrogens (tertiary/aromatic N) is 1. The third-order valence-electron chi connectivity index (χ3n) is 2.12. The summed E-state index contributed by atoms with van der Waals surface area (Å²) in [5.74, 6) is -0.0634. The van der Waals surface area contributed by atoms with Crippen LogP contribution in [-0.4, -0.2) is 10.2 Å². The highest BCUT2D eigenvalue weighted by molar-refractivity contribution is 7.17. The van der Waals surface area contributed by atoms with Crippen LogP contribution in [0.3, 0.4) is 0 Å². The lowest BCUT2D eigenvalue weighted by molar-refractivity contribution is 0.282. The van der Waals surface area contributed by atoms with E-state index in [-0.39, 0.29) is 17.9 Å². The van der Waals surface area contributed by atoms with Crippen molar-refractivity contribution in [2.75, 3.05) is 0 Å². The van der Waals surface area contributed by atoms with Gasteiger partial charge in [0.1, 0.15) is 11.8 Å². The first-order chi connectivity index (χ1) is 6.77. The summed E-state index contributed by atoms with van der Waals surface area (Å²) < 4.78 is 0.880. The van der Waals surface area contributed by atoms with Crippen LogP contribution in [0.2, 0.25) is 0 Å². The van der Waals surface area contributed by atoms with Crippen LogP contribution < -0.4 is 0 Å². The standard InChI is InChI=1S/C10H7NO2S/c11-4-7-8(5-12)6-1-2-14-10(6)3-9(7)13/h1-3,12-13H,5H2. The van der Waals surface area contributed by atoms with Crippen molar-refractivity contribution in [3.05, 3.63) is 28.6 Å². The molecule has 0 fully saturated rings. The fraction of sp³-hybridized carbons (Fsp3) is 0.100. The van der Waals surface area contributed by atoms with Crippen molar-refractivity contribution in [1.82, 2.24) is 0 Å². The summed E-state index contributed by atoms with van der Waals surface area (Å²) in [6, 6.07) is 5.28. The molecule has 2 rings (SSSR count). The van der Waals surface area contributed by atoms with E-state index in [1.54, 1.807) is 6.07 Å². The summed E-state index contributed by atoms with van der Waals surface area (Å²) in [6.07, 6.45) is 0. The number of fused-ring (bicyclic) bond motifs is 1. The molecule has 0 aliphatic carbocycles. The van der Waals surface area contributed by atoms with Crippen LogP contribution >= 0.6 is 11.3 Å². The van der Waals surface area contributed by atoms with Gasteiger partial charge in [-0.2, -0.15) is 5.26 Å². The largest absolute Gasteiger partial charge is 0.507 e. The summed E-state index contributed by atoms with van der Waals surface area (Å²) in [5.41, 5.74) is 0.669. The maximum Gasteiger partial charge on any atom is 0.135 e. The van der Waals surface area contributed by atoms with E-state index in [0.29, 0.717) is 5.56 Å². The number of phenolic OH excluding ortho intramolecular Hbond substituents is 1. The first-order valence-electron chi connectivity index (χ1n) is 4.01. The highest BCUT2D eigenvalue weighted by Crippen LogP contribution is 2.32. The summed E-state index contributed by atoms with van der Waals surface area (Å²) >= 11 is 1.47. The molecule has 2 N–H and O–H groups in total. The summed E-state index contributed by atoms with van der Waals surface area (Å²) in [5, 5.41) is 30.2. The Bertz CT molecular complexity index is 525. The number of hydrogen-bond acceptors (Lipinski definition) is 4. The second-order valence-electron chi connectivity index (χ2n) is 2.85. The Labute approximate surface area is 84.5 Å². The van der Waals surface area contributed by atoms with Crippen molar-refractivity contribution < 1.29 is 10.2 Å². The zero-order chi connectivity index (χ0) is 10.1. The number of thiophene rings is 1. The van der Waals surface area contributed by atoms with E-state index in [4.69, 9.17) is 10.4 Å². The molecule has 70 valence electrons. The normalized spacial score (nSPS) is 10.3. The fourth-order valence-corrected chi connectivity index (χ4v) is 2.31. The quantitative estimate of drug-likeness (QED) is 0.748. The van der Waals surface area contributed by atoms with Gasteiger partial charge in [-0.3, -0.25) is 0 Å². The minimum Gasteiger partial charge on any atom is -0.507 e. The number of benzene rings is 1. The average molecular weight is 205 g/mol. The van der Waals surface area contributed by atoms with Gasteiger partial charge in [0, 0.05) is 10.3 Å². The van der Waals surface area contributed by atoms with Crippen molar-refractivity contribution in [3.63, 3.8) is 0 Å². The molecule has 0 unspecified atom stereocenters. The van der Waals surface area contributed by atoms with Crippen molar-refractivity contribution in [1.29, 1.82) is 5.26 Å². The van der Waals surface area contributed by atoms with Gasteiger partial charge < -0.3 is 10.2 Å². The molecule has 0 spiro atoms. The van der Waals surface area contributed by atoms with Gasteiger partial charge in [0.2, 0.25) is 0 Å². The molecule has 0 radical (unpaired) electrons. The van der Waals surface area contributed by atoms with Crippen LogP contribution in [0.4, 0.5) is 0 Å². The number of aliphatic hydroxyl groups excluding tert-OH is 1. The summed E-state index contributed by atoms with van der Waals surface area (Å²) in [6.45, 7) is -0.232. The minimum absolute atomic E-state index is 0.0634. The van der Waals surface area contributed by atoms with Gasteiger partial charge in [-0.1, -0.05) is 0 Å². The lowest BCUT2D eigenvalue weighted by atomic mass is 10.0. The highest BCUT2D eigenvalue weighted by Gasteiger charge is 2.12. The molecule has 3 nitrogen and oxygen atoms in total. The van der Waals surface area contributed by atoms with Gasteiger partial charge in [-0.25, -0.2) is 0 Å². The predicted octanol–water partition coefficient (Wildman–Crippen LogP) is 1.97. The topological polar surface area (TPSA) is 64.2 Å². The molecule has 0 aliphatic heterocycles. The SMILES string of the molecule is N#Cc1c(O)cc2sccc2c1CO. The third kappa shape index (κ3) is 1.15. The lowest BCUT2D eigenvalue weighted by Gasteiger charge is -2.04. The molecule has 0 saturated carbocycles. The van der Waals surface area contributed by atoms with Crippen LogP contribution in [0.25, 0.3) is 10.1 Å². The predicted molar refractivity (Wildman–Crippen MR) is 54.1 cm³/mol. The number of aromatic hydroxyl groups is 1. The average Bonchev–Trinajstić information content (AvgIpc) is 2.62. The van der Waals surface area contributed by atoms with E-state index >= 15 is 0 Å². The Morgan fingerprint density at radius 2 is 2.29 bits per heavy atom. The van der Waals surface area contributed by atoms with E-state index in [1.807, 2.05) is 17.5 Å². The number of aliphatic hydroxyl groups is 1. The van der Waals surface area contributed by atoms with Crippen molar-refractivity contribution in [3.8, 4) is 11.8 Å². The van der Waals surface area contributed by atoms with Gasteiger partial charge >= 0.3 is 0 Å². The molecule has 0 amide bonds. The first-order valence-corrected chi connectivity index (χ1v) is 4.89. The van der Waals surface area contributed by atoms with Crippen molar-refractivity contribution in [2.24, 2.45) is 0 Å². The molecule has 0 bridgehead atoms. The maximum absolute atomic E-state index is 9.51. The first kappa shape index (κ1) is 9.00. The summed E-state index contributed by atoms with van der Waals surface area (Å²) in [7, 11) is 0. The monoisotopic (exact) mass is 205 g/mol. The molecule has 0 atom stereocenters. The van der Waals surface area contributed by atoms with Crippen LogP contribution in [0.15, 0.2) is 17.5 Å². The lowest BCUT2D eigenvalue weighted by Crippen LogP contribution is -1.90. The molecule has 1 aromatic heterocycles. The molecule has 1 heterocycles. The minimum atomic E-state index is -0.232. The van der Waals surface area contributed by atoms with Crippen molar-refractivity contribution in [2.45, 2.75) is 6.61 Å². The Hall–Kier alpha value is -1.57. The zero-order valence-corrected chi connectivity index (χ0v) is 8.01. The van der Waals surface area contributed by atoms with E-state index in [9.17, 15) is 5.11 Å². The van der Waals surface area contributed by atoms with Gasteiger partial charge in [-0.05, 0) is 22.9 Å². The van der Waals surface area contributed by atoms with Crippen LogP contribution in [-0.2, 0) is 6.61 Å². The van der Waals surface area contributed by atoms with Crippen LogP contribution in [0.1, 0.15) is 11.1 Å². The Balaban J connectivity index is 2.91. The van der Waals surface area contributed by atoms with Crippen LogP contribution in [0, 0.1) is 11.3 Å². The van der Waals surface area contributed by atoms with Crippen molar-refractivity contribution >= 4 is 21.4 Å². The highest BCUT2D eigenvalue weighted by atomic mass is 32.1. The molecule has 4 heteroatoms. The molecule has 2 aromatic rings. The number of phenols is 1. The van der Waals surface area contributed by atoms with E-state index in [2.05, 4.69) is 0 Å². The fourth-order valence-electron chi connectivity index (χ4n) is 1.46. The number of nitriles is 1. The van der Waals surface area contributed by atoms with Gasteiger partial charge in [0.25, 0.3) is 0 Å². The Morgan fingerprint density at radius 1 is 1.50 bits per heavy atom. The molecular formula is C10H7NO2S. The van der Waals surface area contributed by atoms with Crippen LogP contribution in [0.5, 0.6) is 5.75 Å². The molecule has 0 saturated heterocycles. The zero-order valence-electron chi connectivity index (χ0n) is 7.19. The molecular weight excluding hydrogens is 198 g/mol. The molecule has 1 aromatic carbocycles. The Kier molecular flexibility index (Phi) is 2.12. The summed E-state index contributed by atoms with van der Waals surface area (Å²) in [4.78, 5) is 0.